The lowest BCUT2D eigenvalue weighted by atomic mass is 10.2. The number of nitrogens with zero attached hydrogens (tertiary/aromatic N) is 2. The fourth-order valence-corrected chi connectivity index (χ4v) is 3.09. The minimum Gasteiger partial charge on any atom is -0.495 e. The molecule has 2 rings (SSSR count). The van der Waals surface area contributed by atoms with E-state index in [-0.39, 0.29) is 12.0 Å². The number of amides is 1. The van der Waals surface area contributed by atoms with E-state index in [4.69, 9.17) is 4.74 Å². The molecule has 2 heterocycles. The third-order valence-corrected chi connectivity index (χ3v) is 4.11. The van der Waals surface area contributed by atoms with Crippen LogP contribution in [0.15, 0.2) is 11.4 Å². The number of carbonyl (C=O) groups excluding carboxylic acids is 1. The van der Waals surface area contributed by atoms with Crippen molar-refractivity contribution in [2.75, 3.05) is 39.8 Å². The third-order valence-electron chi connectivity index (χ3n) is 3.23. The zero-order chi connectivity index (χ0) is 13.8. The van der Waals surface area contributed by atoms with Crippen LogP contribution in [0.1, 0.15) is 16.6 Å². The average Bonchev–Trinajstić information content (AvgIpc) is 2.86. The van der Waals surface area contributed by atoms with Gasteiger partial charge in [-0.2, -0.15) is 0 Å². The Morgan fingerprint density at radius 3 is 2.74 bits per heavy atom. The zero-order valence-corrected chi connectivity index (χ0v) is 12.2. The molecule has 6 heteroatoms. The van der Waals surface area contributed by atoms with Gasteiger partial charge in [-0.1, -0.05) is 0 Å². The summed E-state index contributed by atoms with van der Waals surface area (Å²) in [6.45, 7) is 5.48. The van der Waals surface area contributed by atoms with Crippen LogP contribution in [0.25, 0.3) is 0 Å². The van der Waals surface area contributed by atoms with Gasteiger partial charge in [-0.3, -0.25) is 9.69 Å². The molecule has 0 radical (unpaired) electrons. The SMILES string of the molecule is COc1ccsc1C(=O)N1CCN(CC(C)O)CC1. The number of β-amino-alcohol motifs (C(OH)–C–C–N with tert-alkyl or cyclic N) is 1. The van der Waals surface area contributed by atoms with Crippen molar-refractivity contribution < 1.29 is 14.6 Å². The normalized spacial score (nSPS) is 18.4. The number of rotatable bonds is 4. The van der Waals surface area contributed by atoms with Crippen molar-refractivity contribution in [2.24, 2.45) is 0 Å². The second-order valence-electron chi connectivity index (χ2n) is 4.76. The van der Waals surface area contributed by atoms with Gasteiger partial charge in [-0.15, -0.1) is 11.3 Å². The summed E-state index contributed by atoms with van der Waals surface area (Å²) in [5.41, 5.74) is 0. The fraction of sp³-hybridized carbons (Fsp3) is 0.615. The number of piperazine rings is 1. The summed E-state index contributed by atoms with van der Waals surface area (Å²) in [4.78, 5) is 17.1. The predicted molar refractivity (Wildman–Crippen MR) is 74.9 cm³/mol. The maximum Gasteiger partial charge on any atom is 0.267 e. The lowest BCUT2D eigenvalue weighted by molar-refractivity contribution is 0.0556. The minimum atomic E-state index is -0.320. The van der Waals surface area contributed by atoms with Gasteiger partial charge in [0.05, 0.1) is 13.2 Å². The first kappa shape index (κ1) is 14.3. The highest BCUT2D eigenvalue weighted by atomic mass is 32.1. The third kappa shape index (κ3) is 3.46. The molecule has 1 saturated heterocycles. The van der Waals surface area contributed by atoms with Gasteiger partial charge in [0.15, 0.2) is 0 Å². The molecule has 1 aromatic rings. The van der Waals surface area contributed by atoms with Gasteiger partial charge in [0.25, 0.3) is 5.91 Å². The number of carbonyl (C=O) groups is 1. The van der Waals surface area contributed by atoms with Crippen LogP contribution in [0, 0.1) is 0 Å². The highest BCUT2D eigenvalue weighted by Gasteiger charge is 2.25. The van der Waals surface area contributed by atoms with Crippen molar-refractivity contribution in [1.82, 2.24) is 9.80 Å². The molecule has 1 aliphatic rings. The van der Waals surface area contributed by atoms with Gasteiger partial charge in [0.2, 0.25) is 0 Å². The van der Waals surface area contributed by atoms with E-state index in [0.717, 1.165) is 13.1 Å². The molecule has 1 unspecified atom stereocenters. The molecule has 1 atom stereocenters. The second kappa shape index (κ2) is 6.36. The quantitative estimate of drug-likeness (QED) is 0.892. The number of hydrogen-bond donors (Lipinski definition) is 1. The largest absolute Gasteiger partial charge is 0.495 e. The van der Waals surface area contributed by atoms with Crippen LogP contribution in [-0.4, -0.2) is 66.8 Å². The maximum absolute atomic E-state index is 12.4. The second-order valence-corrected chi connectivity index (χ2v) is 5.68. The van der Waals surface area contributed by atoms with Crippen LogP contribution in [0.3, 0.4) is 0 Å². The van der Waals surface area contributed by atoms with Crippen molar-refractivity contribution in [3.8, 4) is 5.75 Å². The van der Waals surface area contributed by atoms with Crippen molar-refractivity contribution in [3.63, 3.8) is 0 Å². The van der Waals surface area contributed by atoms with E-state index in [1.165, 1.54) is 11.3 Å². The monoisotopic (exact) mass is 284 g/mol. The molecule has 106 valence electrons. The van der Waals surface area contributed by atoms with Crippen LogP contribution in [-0.2, 0) is 0 Å². The zero-order valence-electron chi connectivity index (χ0n) is 11.3. The highest BCUT2D eigenvalue weighted by Crippen LogP contribution is 2.26. The Morgan fingerprint density at radius 1 is 1.47 bits per heavy atom. The Bertz CT molecular complexity index is 425. The van der Waals surface area contributed by atoms with Crippen molar-refractivity contribution >= 4 is 17.2 Å². The van der Waals surface area contributed by atoms with Gasteiger partial charge < -0.3 is 14.7 Å². The summed E-state index contributed by atoms with van der Waals surface area (Å²) in [6, 6.07) is 1.82. The molecule has 19 heavy (non-hydrogen) atoms. The molecule has 0 aliphatic carbocycles. The highest BCUT2D eigenvalue weighted by molar-refractivity contribution is 7.12. The fourth-order valence-electron chi connectivity index (χ4n) is 2.26. The van der Waals surface area contributed by atoms with E-state index in [0.29, 0.717) is 30.3 Å². The van der Waals surface area contributed by atoms with Crippen molar-refractivity contribution in [2.45, 2.75) is 13.0 Å². The number of aliphatic hydroxyl groups is 1. The summed E-state index contributed by atoms with van der Waals surface area (Å²) in [6.07, 6.45) is -0.320. The molecule has 0 bridgehead atoms. The van der Waals surface area contributed by atoms with Crippen LogP contribution < -0.4 is 4.74 Å². The first-order valence-electron chi connectivity index (χ1n) is 6.43. The first-order valence-corrected chi connectivity index (χ1v) is 7.31. The van der Waals surface area contributed by atoms with E-state index in [1.807, 2.05) is 16.3 Å². The Kier molecular flexibility index (Phi) is 4.79. The van der Waals surface area contributed by atoms with E-state index >= 15 is 0 Å². The summed E-state index contributed by atoms with van der Waals surface area (Å²) >= 11 is 1.42. The number of thiophene rings is 1. The summed E-state index contributed by atoms with van der Waals surface area (Å²) in [5, 5.41) is 11.2. The van der Waals surface area contributed by atoms with Crippen LogP contribution in [0.4, 0.5) is 0 Å². The molecule has 5 nitrogen and oxygen atoms in total. The van der Waals surface area contributed by atoms with E-state index in [2.05, 4.69) is 4.90 Å². The Labute approximate surface area is 117 Å². The van der Waals surface area contributed by atoms with Crippen LogP contribution >= 0.6 is 11.3 Å². The Balaban J connectivity index is 1.92. The molecular formula is C13H20N2O3S. The molecule has 1 aliphatic heterocycles. The number of methoxy groups -OCH3 is 1. The lowest BCUT2D eigenvalue weighted by Gasteiger charge is -2.35. The number of ether oxygens (including phenoxy) is 1. The number of hydrogen-bond acceptors (Lipinski definition) is 5. The topological polar surface area (TPSA) is 53.0 Å². The van der Waals surface area contributed by atoms with Crippen LogP contribution in [0.5, 0.6) is 5.75 Å². The Morgan fingerprint density at radius 2 is 2.16 bits per heavy atom. The van der Waals surface area contributed by atoms with Gasteiger partial charge >= 0.3 is 0 Å². The van der Waals surface area contributed by atoms with Gasteiger partial charge in [-0.25, -0.2) is 0 Å². The predicted octanol–water partition coefficient (Wildman–Crippen LogP) is 0.895. The molecule has 1 fully saturated rings. The van der Waals surface area contributed by atoms with Crippen molar-refractivity contribution in [3.05, 3.63) is 16.3 Å². The van der Waals surface area contributed by atoms with E-state index in [9.17, 15) is 9.90 Å². The van der Waals surface area contributed by atoms with Gasteiger partial charge in [0.1, 0.15) is 10.6 Å². The molecule has 0 aromatic carbocycles. The molecule has 1 aromatic heterocycles. The van der Waals surface area contributed by atoms with Crippen LogP contribution in [0.2, 0.25) is 0 Å². The molecule has 1 N–H and O–H groups in total. The van der Waals surface area contributed by atoms with E-state index < -0.39 is 0 Å². The molecule has 0 spiro atoms. The maximum atomic E-state index is 12.4. The molecule has 1 amide bonds. The smallest absolute Gasteiger partial charge is 0.267 e. The summed E-state index contributed by atoms with van der Waals surface area (Å²) < 4.78 is 5.19. The lowest BCUT2D eigenvalue weighted by Crippen LogP contribution is -2.50. The molecular weight excluding hydrogens is 264 g/mol. The minimum absolute atomic E-state index is 0.0450. The Hall–Kier alpha value is -1.11. The summed E-state index contributed by atoms with van der Waals surface area (Å²) in [7, 11) is 1.58. The van der Waals surface area contributed by atoms with Gasteiger partial charge in [-0.05, 0) is 18.4 Å². The molecule has 0 saturated carbocycles. The standard InChI is InChI=1S/C13H20N2O3S/c1-10(16)9-14-4-6-15(7-5-14)13(17)12-11(18-2)3-8-19-12/h3,8,10,16H,4-7,9H2,1-2H3. The van der Waals surface area contributed by atoms with E-state index in [1.54, 1.807) is 14.0 Å². The van der Waals surface area contributed by atoms with Crippen molar-refractivity contribution in [1.29, 1.82) is 0 Å². The average molecular weight is 284 g/mol. The van der Waals surface area contributed by atoms with Gasteiger partial charge in [0, 0.05) is 32.7 Å². The number of aliphatic hydroxyl groups excluding tert-OH is 1. The summed E-state index contributed by atoms with van der Waals surface area (Å²) in [5.74, 6) is 0.699. The first-order chi connectivity index (χ1) is 9.11.